The van der Waals surface area contributed by atoms with Crippen LogP contribution in [0.25, 0.3) is 22.2 Å². The van der Waals surface area contributed by atoms with Crippen LogP contribution >= 0.6 is 0 Å². The first-order valence-corrected chi connectivity index (χ1v) is 8.35. The summed E-state index contributed by atoms with van der Waals surface area (Å²) in [7, 11) is 0. The monoisotopic (exact) mass is 332 g/mol. The SMILES string of the molecule is OCC[n+]1ccc(-c2cc[n+](Cc3nc4ccccc4[nH]3)cc2)cc1. The molecule has 0 unspecified atom stereocenters. The maximum absolute atomic E-state index is 8.97. The molecule has 0 saturated carbocycles. The van der Waals surface area contributed by atoms with Gasteiger partial charge in [-0.05, 0) is 23.3 Å². The number of para-hydroxylation sites is 2. The van der Waals surface area contributed by atoms with Crippen LogP contribution in [0.1, 0.15) is 5.82 Å². The van der Waals surface area contributed by atoms with Crippen molar-refractivity contribution in [2.45, 2.75) is 13.1 Å². The summed E-state index contributed by atoms with van der Waals surface area (Å²) in [6.07, 6.45) is 8.11. The highest BCUT2D eigenvalue weighted by atomic mass is 16.3. The average Bonchev–Trinajstić information content (AvgIpc) is 3.06. The van der Waals surface area contributed by atoms with Gasteiger partial charge in [0.15, 0.2) is 37.2 Å². The van der Waals surface area contributed by atoms with Gasteiger partial charge in [0.05, 0.1) is 11.0 Å². The number of aromatic nitrogens is 4. The molecule has 1 aromatic carbocycles. The minimum atomic E-state index is 0.150. The van der Waals surface area contributed by atoms with Gasteiger partial charge in [0.25, 0.3) is 0 Å². The van der Waals surface area contributed by atoms with Gasteiger partial charge in [-0.3, -0.25) is 0 Å². The Hall–Kier alpha value is -3.05. The molecule has 5 heteroatoms. The van der Waals surface area contributed by atoms with Crippen molar-refractivity contribution in [2.75, 3.05) is 6.61 Å². The molecule has 5 nitrogen and oxygen atoms in total. The van der Waals surface area contributed by atoms with Gasteiger partial charge in [-0.25, -0.2) is 9.55 Å². The van der Waals surface area contributed by atoms with Gasteiger partial charge < -0.3 is 10.1 Å². The topological polar surface area (TPSA) is 56.7 Å². The van der Waals surface area contributed by atoms with Crippen LogP contribution in [0.5, 0.6) is 0 Å². The number of benzene rings is 1. The largest absolute Gasteiger partial charge is 0.390 e. The summed E-state index contributed by atoms with van der Waals surface area (Å²) in [5, 5.41) is 8.97. The summed E-state index contributed by atoms with van der Waals surface area (Å²) in [5.41, 5.74) is 4.38. The number of fused-ring (bicyclic) bond motifs is 1. The summed E-state index contributed by atoms with van der Waals surface area (Å²) >= 11 is 0. The van der Waals surface area contributed by atoms with Gasteiger partial charge in [-0.2, -0.15) is 4.57 Å². The van der Waals surface area contributed by atoms with E-state index in [2.05, 4.69) is 51.2 Å². The first-order valence-electron chi connectivity index (χ1n) is 8.35. The number of imidazole rings is 1. The lowest BCUT2D eigenvalue weighted by atomic mass is 10.1. The highest BCUT2D eigenvalue weighted by Gasteiger charge is 2.09. The van der Waals surface area contributed by atoms with Crippen LogP contribution < -0.4 is 9.13 Å². The van der Waals surface area contributed by atoms with E-state index in [1.54, 1.807) is 0 Å². The Morgan fingerprint density at radius 3 is 2.12 bits per heavy atom. The molecule has 0 fully saturated rings. The number of aromatic amines is 1. The molecule has 4 aromatic rings. The number of nitrogens with one attached hydrogen (secondary N) is 1. The molecule has 0 atom stereocenters. The maximum Gasteiger partial charge on any atom is 0.205 e. The fraction of sp³-hybridized carbons (Fsp3) is 0.150. The van der Waals surface area contributed by atoms with Crippen molar-refractivity contribution in [2.24, 2.45) is 0 Å². The van der Waals surface area contributed by atoms with Crippen LogP contribution in [0.3, 0.4) is 0 Å². The zero-order valence-corrected chi connectivity index (χ0v) is 13.8. The third-order valence-electron chi connectivity index (χ3n) is 4.24. The Kier molecular flexibility index (Phi) is 4.23. The van der Waals surface area contributed by atoms with Crippen LogP contribution in [0.4, 0.5) is 0 Å². The minimum Gasteiger partial charge on any atom is -0.390 e. The molecule has 0 spiro atoms. The lowest BCUT2D eigenvalue weighted by Gasteiger charge is -2.00. The second-order valence-corrected chi connectivity index (χ2v) is 6.01. The molecule has 0 aliphatic carbocycles. The molecule has 0 radical (unpaired) electrons. The fourth-order valence-corrected chi connectivity index (χ4v) is 2.92. The van der Waals surface area contributed by atoms with E-state index in [0.717, 1.165) is 28.0 Å². The first-order chi connectivity index (χ1) is 12.3. The first kappa shape index (κ1) is 15.5. The smallest absolute Gasteiger partial charge is 0.205 e. The van der Waals surface area contributed by atoms with Gasteiger partial charge >= 0.3 is 0 Å². The number of aliphatic hydroxyl groups is 1. The van der Waals surface area contributed by atoms with E-state index in [1.165, 1.54) is 0 Å². The predicted molar refractivity (Wildman–Crippen MR) is 94.5 cm³/mol. The van der Waals surface area contributed by atoms with Crippen molar-refractivity contribution in [3.05, 3.63) is 79.1 Å². The summed E-state index contributed by atoms with van der Waals surface area (Å²) < 4.78 is 4.07. The second-order valence-electron chi connectivity index (χ2n) is 6.01. The molecule has 4 rings (SSSR count). The van der Waals surface area contributed by atoms with Crippen molar-refractivity contribution in [1.82, 2.24) is 9.97 Å². The van der Waals surface area contributed by atoms with E-state index < -0.39 is 0 Å². The van der Waals surface area contributed by atoms with Crippen LogP contribution in [-0.2, 0) is 13.1 Å². The van der Waals surface area contributed by atoms with Crippen LogP contribution in [0.2, 0.25) is 0 Å². The van der Waals surface area contributed by atoms with Crippen LogP contribution in [0.15, 0.2) is 73.3 Å². The van der Waals surface area contributed by atoms with Crippen LogP contribution in [0, 0.1) is 0 Å². The molecule has 3 heterocycles. The second kappa shape index (κ2) is 6.83. The zero-order chi connectivity index (χ0) is 17.1. The number of rotatable bonds is 5. The molecule has 2 N–H and O–H groups in total. The van der Waals surface area contributed by atoms with Gasteiger partial charge in [-0.1, -0.05) is 12.1 Å². The number of hydrogen-bond donors (Lipinski definition) is 2. The average molecular weight is 332 g/mol. The number of aliphatic hydroxyl groups excluding tert-OH is 1. The standard InChI is InChI=1S/C20H19N4O/c25-14-13-23-9-5-16(6-10-23)17-7-11-24(12-8-17)15-20-21-18-3-1-2-4-19(18)22-20/h1-12,25H,13-15H2/q+1/p+1. The highest BCUT2D eigenvalue weighted by Crippen LogP contribution is 2.16. The summed E-state index contributed by atoms with van der Waals surface area (Å²) in [6.45, 7) is 1.48. The molecule has 124 valence electrons. The van der Waals surface area contributed by atoms with Crippen molar-refractivity contribution in [3.63, 3.8) is 0 Å². The lowest BCUT2D eigenvalue weighted by molar-refractivity contribution is -0.698. The van der Waals surface area contributed by atoms with E-state index in [0.29, 0.717) is 13.1 Å². The molecule has 0 saturated heterocycles. The molecule has 0 aliphatic rings. The summed E-state index contributed by atoms with van der Waals surface area (Å²) in [6, 6.07) is 16.4. The van der Waals surface area contributed by atoms with Gasteiger partial charge in [0.1, 0.15) is 6.61 Å². The number of hydrogen-bond acceptors (Lipinski definition) is 2. The van der Waals surface area contributed by atoms with Gasteiger partial charge in [0.2, 0.25) is 6.54 Å². The number of nitrogens with zero attached hydrogens (tertiary/aromatic N) is 3. The predicted octanol–water partition coefficient (Wildman–Crippen LogP) is 1.85. The zero-order valence-electron chi connectivity index (χ0n) is 13.8. The Morgan fingerprint density at radius 2 is 1.48 bits per heavy atom. The molecule has 25 heavy (non-hydrogen) atoms. The van der Waals surface area contributed by atoms with Gasteiger partial charge in [0, 0.05) is 24.3 Å². The summed E-state index contributed by atoms with van der Waals surface area (Å²) in [5.74, 6) is 0.948. The molecule has 0 bridgehead atoms. The molecule has 0 amide bonds. The number of H-pyrrole nitrogens is 1. The maximum atomic E-state index is 8.97. The van der Waals surface area contributed by atoms with Gasteiger partial charge in [-0.15, -0.1) is 0 Å². The van der Waals surface area contributed by atoms with E-state index in [-0.39, 0.29) is 6.61 Å². The third kappa shape index (κ3) is 3.41. The summed E-state index contributed by atoms with van der Waals surface area (Å²) in [4.78, 5) is 7.97. The van der Waals surface area contributed by atoms with E-state index >= 15 is 0 Å². The molecular weight excluding hydrogens is 312 g/mol. The Bertz CT molecular complexity index is 942. The Labute approximate surface area is 145 Å². The van der Waals surface area contributed by atoms with Crippen molar-refractivity contribution in [3.8, 4) is 11.1 Å². The van der Waals surface area contributed by atoms with Crippen LogP contribution in [-0.4, -0.2) is 21.7 Å². The Morgan fingerprint density at radius 1 is 0.840 bits per heavy atom. The highest BCUT2D eigenvalue weighted by molar-refractivity contribution is 5.74. The quantitative estimate of drug-likeness (QED) is 0.548. The lowest BCUT2D eigenvalue weighted by Crippen LogP contribution is -2.34. The van der Waals surface area contributed by atoms with Crippen molar-refractivity contribution < 1.29 is 14.2 Å². The minimum absolute atomic E-state index is 0.150. The van der Waals surface area contributed by atoms with E-state index in [1.807, 2.05) is 41.2 Å². The normalized spacial score (nSPS) is 11.1. The fourth-order valence-electron chi connectivity index (χ4n) is 2.92. The van der Waals surface area contributed by atoms with E-state index in [4.69, 9.17) is 5.11 Å². The molecular formula is C20H20N4O+2. The number of pyridine rings is 2. The van der Waals surface area contributed by atoms with Crippen molar-refractivity contribution >= 4 is 11.0 Å². The molecule has 3 aromatic heterocycles. The Balaban J connectivity index is 1.51. The van der Waals surface area contributed by atoms with E-state index in [9.17, 15) is 0 Å². The van der Waals surface area contributed by atoms with Crippen molar-refractivity contribution in [1.29, 1.82) is 0 Å². The molecule has 0 aliphatic heterocycles. The third-order valence-corrected chi connectivity index (χ3v) is 4.24.